The van der Waals surface area contributed by atoms with Crippen LogP contribution in [-0.4, -0.2) is 46.6 Å². The first-order chi connectivity index (χ1) is 14.2. The van der Waals surface area contributed by atoms with Crippen LogP contribution in [0.15, 0.2) is 30.5 Å². The molecule has 1 aromatic heterocycles. The Bertz CT molecular complexity index is 855. The number of nitrogens with zero attached hydrogens (tertiary/aromatic N) is 2. The van der Waals surface area contributed by atoms with Crippen molar-refractivity contribution in [1.29, 1.82) is 0 Å². The SMILES string of the molecule is CCC(=O)c1cn(CCCN2C3CCC2CC(OCC2CC2)C3)c2ccccc12. The third kappa shape index (κ3) is 4.02. The van der Waals surface area contributed by atoms with Crippen LogP contribution in [0.5, 0.6) is 0 Å². The molecule has 2 saturated heterocycles. The van der Waals surface area contributed by atoms with Crippen molar-refractivity contribution in [3.8, 4) is 0 Å². The van der Waals surface area contributed by atoms with E-state index in [1.807, 2.05) is 13.0 Å². The molecule has 2 atom stereocenters. The van der Waals surface area contributed by atoms with Gasteiger partial charge in [-0.25, -0.2) is 0 Å². The van der Waals surface area contributed by atoms with Crippen LogP contribution in [0.4, 0.5) is 0 Å². The predicted octanol–water partition coefficient (Wildman–Crippen LogP) is 5.05. The molecule has 2 aromatic rings. The van der Waals surface area contributed by atoms with Crippen LogP contribution < -0.4 is 0 Å². The average Bonchev–Trinajstić information content (AvgIpc) is 3.46. The lowest BCUT2D eigenvalue weighted by Gasteiger charge is -2.39. The van der Waals surface area contributed by atoms with E-state index in [1.165, 1.54) is 44.0 Å². The fourth-order valence-corrected chi connectivity index (χ4v) is 5.55. The maximum atomic E-state index is 12.4. The Kier molecular flexibility index (Phi) is 5.49. The van der Waals surface area contributed by atoms with E-state index in [9.17, 15) is 4.79 Å². The van der Waals surface area contributed by atoms with E-state index in [-0.39, 0.29) is 5.78 Å². The number of piperidine rings is 1. The molecule has 2 bridgehead atoms. The third-order valence-electron chi connectivity index (χ3n) is 7.33. The van der Waals surface area contributed by atoms with Crippen LogP contribution in [0.3, 0.4) is 0 Å². The van der Waals surface area contributed by atoms with Gasteiger partial charge >= 0.3 is 0 Å². The number of ether oxygens (including phenoxy) is 1. The van der Waals surface area contributed by atoms with Crippen molar-refractivity contribution in [3.05, 3.63) is 36.0 Å². The molecular weight excluding hydrogens is 360 g/mol. The van der Waals surface area contributed by atoms with Crippen LogP contribution >= 0.6 is 0 Å². The normalized spacial score (nSPS) is 27.0. The topological polar surface area (TPSA) is 34.5 Å². The van der Waals surface area contributed by atoms with Gasteiger partial charge in [0, 0.05) is 60.9 Å². The van der Waals surface area contributed by atoms with Crippen molar-refractivity contribution < 1.29 is 9.53 Å². The van der Waals surface area contributed by atoms with E-state index in [4.69, 9.17) is 4.74 Å². The van der Waals surface area contributed by atoms with Gasteiger partial charge in [-0.3, -0.25) is 9.69 Å². The number of ketones is 1. The number of aromatic nitrogens is 1. The number of rotatable bonds is 9. The summed E-state index contributed by atoms with van der Waals surface area (Å²) in [5.41, 5.74) is 2.08. The Labute approximate surface area is 174 Å². The van der Waals surface area contributed by atoms with Gasteiger partial charge in [-0.05, 0) is 56.9 Å². The summed E-state index contributed by atoms with van der Waals surface area (Å²) in [6, 6.07) is 9.78. The zero-order valence-electron chi connectivity index (χ0n) is 17.7. The Hall–Kier alpha value is -1.65. The van der Waals surface area contributed by atoms with Gasteiger partial charge in [-0.1, -0.05) is 25.1 Å². The highest BCUT2D eigenvalue weighted by atomic mass is 16.5. The fraction of sp³-hybridized carbons (Fsp3) is 0.640. The number of carbonyl (C=O) groups is 1. The number of para-hydroxylation sites is 1. The molecule has 0 radical (unpaired) electrons. The van der Waals surface area contributed by atoms with Crippen molar-refractivity contribution in [2.45, 2.75) is 83.0 Å². The smallest absolute Gasteiger partial charge is 0.164 e. The first kappa shape index (κ1) is 19.3. The summed E-state index contributed by atoms with van der Waals surface area (Å²) in [5.74, 6) is 1.11. The van der Waals surface area contributed by atoms with E-state index in [2.05, 4.69) is 33.9 Å². The van der Waals surface area contributed by atoms with Crippen molar-refractivity contribution in [3.63, 3.8) is 0 Å². The molecule has 156 valence electrons. The van der Waals surface area contributed by atoms with Crippen LogP contribution in [0.1, 0.15) is 68.6 Å². The van der Waals surface area contributed by atoms with Crippen LogP contribution in [-0.2, 0) is 11.3 Å². The minimum absolute atomic E-state index is 0.242. The molecule has 0 spiro atoms. The van der Waals surface area contributed by atoms with Gasteiger partial charge in [-0.2, -0.15) is 0 Å². The maximum absolute atomic E-state index is 12.4. The highest BCUT2D eigenvalue weighted by molar-refractivity contribution is 6.07. The van der Waals surface area contributed by atoms with Gasteiger partial charge in [0.1, 0.15) is 0 Å². The molecule has 1 aromatic carbocycles. The molecule has 4 nitrogen and oxygen atoms in total. The number of carbonyl (C=O) groups excluding carboxylic acids is 1. The molecule has 5 rings (SSSR count). The van der Waals surface area contributed by atoms with Gasteiger partial charge < -0.3 is 9.30 Å². The molecule has 4 heteroatoms. The molecule has 3 heterocycles. The van der Waals surface area contributed by atoms with Crippen LogP contribution in [0, 0.1) is 5.92 Å². The van der Waals surface area contributed by atoms with Crippen molar-refractivity contribution >= 4 is 16.7 Å². The Morgan fingerprint density at radius 3 is 2.55 bits per heavy atom. The molecule has 3 fully saturated rings. The van der Waals surface area contributed by atoms with Gasteiger partial charge in [0.25, 0.3) is 0 Å². The van der Waals surface area contributed by atoms with Gasteiger partial charge in [0.15, 0.2) is 5.78 Å². The first-order valence-electron chi connectivity index (χ1n) is 11.7. The van der Waals surface area contributed by atoms with E-state index >= 15 is 0 Å². The summed E-state index contributed by atoms with van der Waals surface area (Å²) in [6.07, 6.45) is 12.2. The summed E-state index contributed by atoms with van der Waals surface area (Å²) < 4.78 is 8.53. The Morgan fingerprint density at radius 2 is 1.83 bits per heavy atom. The molecule has 1 aliphatic carbocycles. The fourth-order valence-electron chi connectivity index (χ4n) is 5.55. The number of fused-ring (bicyclic) bond motifs is 3. The third-order valence-corrected chi connectivity index (χ3v) is 7.33. The number of benzene rings is 1. The minimum Gasteiger partial charge on any atom is -0.378 e. The lowest BCUT2D eigenvalue weighted by atomic mass is 9.99. The van der Waals surface area contributed by atoms with Crippen molar-refractivity contribution in [2.24, 2.45) is 5.92 Å². The molecule has 0 amide bonds. The van der Waals surface area contributed by atoms with E-state index in [1.54, 1.807) is 0 Å². The lowest BCUT2D eigenvalue weighted by Crippen LogP contribution is -2.46. The predicted molar refractivity (Wildman–Crippen MR) is 116 cm³/mol. The van der Waals surface area contributed by atoms with Crippen LogP contribution in [0.25, 0.3) is 10.9 Å². The molecule has 29 heavy (non-hydrogen) atoms. The van der Waals surface area contributed by atoms with Gasteiger partial charge in [0.05, 0.1) is 6.10 Å². The summed E-state index contributed by atoms with van der Waals surface area (Å²) in [6.45, 7) is 5.09. The second kappa shape index (κ2) is 8.23. The first-order valence-corrected chi connectivity index (χ1v) is 11.7. The minimum atomic E-state index is 0.242. The second-order valence-corrected chi connectivity index (χ2v) is 9.38. The quantitative estimate of drug-likeness (QED) is 0.559. The number of aryl methyl sites for hydroxylation is 1. The van der Waals surface area contributed by atoms with Crippen LogP contribution in [0.2, 0.25) is 0 Å². The zero-order chi connectivity index (χ0) is 19.8. The summed E-state index contributed by atoms with van der Waals surface area (Å²) in [7, 11) is 0. The standard InChI is InChI=1S/C25H34N2O2/c1-2-25(28)23-16-26(24-7-4-3-6-22(23)24)12-5-13-27-19-10-11-20(27)15-21(14-19)29-17-18-8-9-18/h3-4,6-7,16,18-21H,2,5,8-15,17H2,1H3. The Balaban J connectivity index is 1.19. The average molecular weight is 395 g/mol. The summed E-state index contributed by atoms with van der Waals surface area (Å²) in [5, 5.41) is 1.10. The lowest BCUT2D eigenvalue weighted by molar-refractivity contribution is -0.0241. The van der Waals surface area contributed by atoms with Gasteiger partial charge in [0.2, 0.25) is 0 Å². The van der Waals surface area contributed by atoms with E-state index < -0.39 is 0 Å². The van der Waals surface area contributed by atoms with E-state index in [0.29, 0.717) is 12.5 Å². The molecular formula is C25H34N2O2. The monoisotopic (exact) mass is 394 g/mol. The maximum Gasteiger partial charge on any atom is 0.164 e. The Morgan fingerprint density at radius 1 is 1.07 bits per heavy atom. The van der Waals surface area contributed by atoms with E-state index in [0.717, 1.165) is 55.1 Å². The molecule has 2 unspecified atom stereocenters. The van der Waals surface area contributed by atoms with Crippen molar-refractivity contribution in [1.82, 2.24) is 9.47 Å². The highest BCUT2D eigenvalue weighted by Crippen LogP contribution is 2.38. The molecule has 3 aliphatic rings. The number of hydrogen-bond acceptors (Lipinski definition) is 3. The summed E-state index contributed by atoms with van der Waals surface area (Å²) >= 11 is 0. The molecule has 2 aliphatic heterocycles. The zero-order valence-corrected chi connectivity index (χ0v) is 17.7. The molecule has 0 N–H and O–H groups in total. The summed E-state index contributed by atoms with van der Waals surface area (Å²) in [4.78, 5) is 15.1. The highest BCUT2D eigenvalue weighted by Gasteiger charge is 2.41. The largest absolute Gasteiger partial charge is 0.378 e. The van der Waals surface area contributed by atoms with Crippen molar-refractivity contribution in [2.75, 3.05) is 13.2 Å². The van der Waals surface area contributed by atoms with Gasteiger partial charge in [-0.15, -0.1) is 0 Å². The number of Topliss-reactive ketones (excluding diaryl/α,β-unsaturated/α-hetero) is 1. The molecule has 1 saturated carbocycles. The second-order valence-electron chi connectivity index (χ2n) is 9.38. The number of hydrogen-bond donors (Lipinski definition) is 0.